The molecule has 0 fully saturated rings. The molecule has 0 unspecified atom stereocenters. The van der Waals surface area contributed by atoms with Gasteiger partial charge >= 0.3 is 0 Å². The van der Waals surface area contributed by atoms with E-state index in [0.717, 1.165) is 11.3 Å². The highest BCUT2D eigenvalue weighted by atomic mass is 32.2. The van der Waals surface area contributed by atoms with Crippen molar-refractivity contribution >= 4 is 29.5 Å². The summed E-state index contributed by atoms with van der Waals surface area (Å²) in [5, 5.41) is 2.91. The Labute approximate surface area is 169 Å². The van der Waals surface area contributed by atoms with Crippen LogP contribution >= 0.6 is 11.8 Å². The Hall–Kier alpha value is -2.60. The first-order valence-electron chi connectivity index (χ1n) is 9.22. The number of thioether (sulfide) groups is 1. The van der Waals surface area contributed by atoms with Gasteiger partial charge in [0.2, 0.25) is 0 Å². The molecular formula is C22H24N2O3S. The zero-order valence-corrected chi connectivity index (χ0v) is 17.1. The van der Waals surface area contributed by atoms with Gasteiger partial charge < -0.3 is 5.32 Å². The van der Waals surface area contributed by atoms with Crippen LogP contribution in [0.25, 0.3) is 0 Å². The van der Waals surface area contributed by atoms with E-state index in [9.17, 15) is 14.4 Å². The molecule has 1 N–H and O–H groups in total. The third-order valence-electron chi connectivity index (χ3n) is 4.36. The second-order valence-electron chi connectivity index (χ2n) is 7.66. The van der Waals surface area contributed by atoms with Crippen LogP contribution < -0.4 is 5.32 Å². The molecule has 1 aliphatic rings. The number of hydrogen-bond acceptors (Lipinski definition) is 4. The summed E-state index contributed by atoms with van der Waals surface area (Å²) in [5.41, 5.74) is 2.24. The maximum Gasteiger partial charge on any atom is 0.261 e. The second-order valence-corrected chi connectivity index (χ2v) is 9.58. The van der Waals surface area contributed by atoms with Gasteiger partial charge in [-0.3, -0.25) is 19.3 Å². The van der Waals surface area contributed by atoms with E-state index in [0.29, 0.717) is 23.2 Å². The van der Waals surface area contributed by atoms with E-state index in [1.54, 1.807) is 60.3 Å². The first-order valence-corrected chi connectivity index (χ1v) is 10.2. The van der Waals surface area contributed by atoms with E-state index >= 15 is 0 Å². The van der Waals surface area contributed by atoms with Gasteiger partial charge in [-0.15, -0.1) is 0 Å². The molecule has 1 heterocycles. The highest BCUT2D eigenvalue weighted by molar-refractivity contribution is 8.00. The van der Waals surface area contributed by atoms with Crippen LogP contribution in [0.3, 0.4) is 0 Å². The van der Waals surface area contributed by atoms with Gasteiger partial charge in [0.05, 0.1) is 17.7 Å². The summed E-state index contributed by atoms with van der Waals surface area (Å²) in [6.07, 6.45) is 0. The van der Waals surface area contributed by atoms with Crippen molar-refractivity contribution in [3.05, 3.63) is 70.8 Å². The summed E-state index contributed by atoms with van der Waals surface area (Å²) in [6.45, 7) is 7.24. The Morgan fingerprint density at radius 1 is 0.964 bits per heavy atom. The van der Waals surface area contributed by atoms with Crippen LogP contribution in [0.15, 0.2) is 48.5 Å². The summed E-state index contributed by atoms with van der Waals surface area (Å²) in [5.74, 6) is 0.173. The molecule has 2 aromatic carbocycles. The summed E-state index contributed by atoms with van der Waals surface area (Å²) >= 11 is 1.80. The minimum Gasteiger partial charge on any atom is -0.351 e. The second kappa shape index (κ2) is 8.19. The molecule has 0 saturated carbocycles. The highest BCUT2D eigenvalue weighted by Crippen LogP contribution is 2.24. The largest absolute Gasteiger partial charge is 0.351 e. The van der Waals surface area contributed by atoms with Crippen LogP contribution in [0.5, 0.6) is 0 Å². The molecule has 146 valence electrons. The van der Waals surface area contributed by atoms with Crippen molar-refractivity contribution in [3.63, 3.8) is 0 Å². The topological polar surface area (TPSA) is 66.5 Å². The Morgan fingerprint density at radius 2 is 1.54 bits per heavy atom. The van der Waals surface area contributed by atoms with Gasteiger partial charge in [-0.2, -0.15) is 11.8 Å². The minimum absolute atomic E-state index is 0.123. The van der Waals surface area contributed by atoms with Gasteiger partial charge in [0, 0.05) is 22.6 Å². The van der Waals surface area contributed by atoms with E-state index in [1.165, 1.54) is 4.90 Å². The lowest BCUT2D eigenvalue weighted by Gasteiger charge is -2.17. The predicted octanol–water partition coefficient (Wildman–Crippen LogP) is 3.74. The maximum absolute atomic E-state index is 12.4. The number of carbonyl (C=O) groups excluding carboxylic acids is 3. The molecule has 0 aromatic heterocycles. The van der Waals surface area contributed by atoms with E-state index in [4.69, 9.17) is 0 Å². The molecule has 1 aliphatic heterocycles. The minimum atomic E-state index is -0.279. The maximum atomic E-state index is 12.4. The Kier molecular flexibility index (Phi) is 5.89. The molecule has 3 rings (SSSR count). The number of carbonyl (C=O) groups is 3. The Balaban J connectivity index is 1.57. The summed E-state index contributed by atoms with van der Waals surface area (Å²) in [7, 11) is 0. The Morgan fingerprint density at radius 3 is 2.07 bits per heavy atom. The van der Waals surface area contributed by atoms with Crippen molar-refractivity contribution in [2.45, 2.75) is 32.1 Å². The van der Waals surface area contributed by atoms with Crippen molar-refractivity contribution in [2.75, 3.05) is 12.3 Å². The fourth-order valence-electron chi connectivity index (χ4n) is 2.95. The smallest absolute Gasteiger partial charge is 0.261 e. The van der Waals surface area contributed by atoms with Crippen molar-refractivity contribution in [1.82, 2.24) is 10.2 Å². The molecule has 0 saturated heterocycles. The third kappa shape index (κ3) is 4.62. The number of rotatable bonds is 6. The number of hydrogen-bond donors (Lipinski definition) is 1. The fraction of sp³-hybridized carbons (Fsp3) is 0.318. The SMILES string of the molecule is CC(C)(C)SCCNC(=O)c1ccc(CN2C(=O)c3ccccc3C2=O)cc1. The molecule has 28 heavy (non-hydrogen) atoms. The monoisotopic (exact) mass is 396 g/mol. The van der Waals surface area contributed by atoms with E-state index in [-0.39, 0.29) is 29.0 Å². The summed E-state index contributed by atoms with van der Waals surface area (Å²) in [4.78, 5) is 38.4. The lowest BCUT2D eigenvalue weighted by atomic mass is 10.1. The summed E-state index contributed by atoms with van der Waals surface area (Å²) < 4.78 is 0.177. The molecule has 0 aliphatic carbocycles. The first-order chi connectivity index (χ1) is 13.3. The molecule has 3 amide bonds. The number of nitrogens with one attached hydrogen (secondary N) is 1. The van der Waals surface area contributed by atoms with E-state index in [1.807, 2.05) is 0 Å². The van der Waals surface area contributed by atoms with Gasteiger partial charge in [0.15, 0.2) is 0 Å². The fourth-order valence-corrected chi connectivity index (χ4v) is 3.77. The first kappa shape index (κ1) is 20.1. The van der Waals surface area contributed by atoms with Crippen molar-refractivity contribution in [2.24, 2.45) is 0 Å². The van der Waals surface area contributed by atoms with Gasteiger partial charge in [-0.05, 0) is 29.8 Å². The number of nitrogens with zero attached hydrogens (tertiary/aromatic N) is 1. The normalized spacial score (nSPS) is 13.6. The molecule has 0 bridgehead atoms. The van der Waals surface area contributed by atoms with Crippen molar-refractivity contribution in [1.29, 1.82) is 0 Å². The molecule has 0 spiro atoms. The molecule has 2 aromatic rings. The Bertz CT molecular complexity index is 866. The predicted molar refractivity (Wildman–Crippen MR) is 112 cm³/mol. The van der Waals surface area contributed by atoms with E-state index < -0.39 is 0 Å². The van der Waals surface area contributed by atoms with Crippen LogP contribution in [-0.2, 0) is 6.54 Å². The zero-order chi connectivity index (χ0) is 20.3. The number of amides is 3. The van der Waals surface area contributed by atoms with Crippen LogP contribution in [0.4, 0.5) is 0 Å². The molecule has 0 atom stereocenters. The number of benzene rings is 2. The quantitative estimate of drug-likeness (QED) is 0.597. The number of fused-ring (bicyclic) bond motifs is 1. The third-order valence-corrected chi connectivity index (χ3v) is 5.63. The number of imide groups is 1. The van der Waals surface area contributed by atoms with Crippen LogP contribution in [0.2, 0.25) is 0 Å². The van der Waals surface area contributed by atoms with Crippen molar-refractivity contribution in [3.8, 4) is 0 Å². The molecule has 5 nitrogen and oxygen atoms in total. The van der Waals surface area contributed by atoms with Crippen LogP contribution in [0.1, 0.15) is 57.4 Å². The lowest BCUT2D eigenvalue weighted by molar-refractivity contribution is 0.0641. The van der Waals surface area contributed by atoms with Crippen molar-refractivity contribution < 1.29 is 14.4 Å². The summed E-state index contributed by atoms with van der Waals surface area (Å²) in [6, 6.07) is 13.8. The van der Waals surface area contributed by atoms with Crippen LogP contribution in [-0.4, -0.2) is 39.7 Å². The average Bonchev–Trinajstić information content (AvgIpc) is 2.90. The van der Waals surface area contributed by atoms with Gasteiger partial charge in [0.1, 0.15) is 0 Å². The van der Waals surface area contributed by atoms with E-state index in [2.05, 4.69) is 26.1 Å². The average molecular weight is 397 g/mol. The van der Waals surface area contributed by atoms with Crippen LogP contribution in [0, 0.1) is 0 Å². The van der Waals surface area contributed by atoms with Gasteiger partial charge in [-0.1, -0.05) is 45.0 Å². The molecule has 0 radical (unpaired) electrons. The zero-order valence-electron chi connectivity index (χ0n) is 16.3. The molecular weight excluding hydrogens is 372 g/mol. The lowest BCUT2D eigenvalue weighted by Crippen LogP contribution is -2.29. The van der Waals surface area contributed by atoms with Gasteiger partial charge in [0.25, 0.3) is 17.7 Å². The van der Waals surface area contributed by atoms with Gasteiger partial charge in [-0.25, -0.2) is 0 Å². The standard InChI is InChI=1S/C22H24N2O3S/c1-22(2,3)28-13-12-23-19(25)16-10-8-15(9-11-16)14-24-20(26)17-6-4-5-7-18(17)21(24)27/h4-11H,12-14H2,1-3H3,(H,23,25). The highest BCUT2D eigenvalue weighted by Gasteiger charge is 2.34. The molecule has 6 heteroatoms.